The van der Waals surface area contributed by atoms with Crippen LogP contribution in [0.3, 0.4) is 0 Å². The predicted molar refractivity (Wildman–Crippen MR) is 62.8 cm³/mol. The fourth-order valence-electron chi connectivity index (χ4n) is 1.47. The Morgan fingerprint density at radius 3 is 2.63 bits per heavy atom. The van der Waals surface area contributed by atoms with Gasteiger partial charge < -0.3 is 9.73 Å². The first-order valence-corrected chi connectivity index (χ1v) is 5.56. The third-order valence-electron chi connectivity index (χ3n) is 2.41. The fraction of sp³-hybridized carbons (Fsp3) is 0.333. The van der Waals surface area contributed by atoms with E-state index in [-0.39, 0.29) is 11.6 Å². The fourth-order valence-corrected chi connectivity index (χ4v) is 1.47. The van der Waals surface area contributed by atoms with E-state index in [0.29, 0.717) is 17.0 Å². The maximum absolute atomic E-state index is 12.1. The summed E-state index contributed by atoms with van der Waals surface area (Å²) in [7, 11) is 0. The number of carbonyl (C=O) groups excluding carboxylic acids is 1. The summed E-state index contributed by atoms with van der Waals surface area (Å²) < 4.78 is 41.7. The van der Waals surface area contributed by atoms with Gasteiger partial charge in [-0.25, -0.2) is 4.98 Å². The summed E-state index contributed by atoms with van der Waals surface area (Å²) >= 11 is 0. The van der Waals surface area contributed by atoms with Gasteiger partial charge in [0.25, 0.3) is 0 Å². The number of nitrogens with zero attached hydrogens (tertiary/aromatic N) is 1. The van der Waals surface area contributed by atoms with E-state index in [0.717, 1.165) is 0 Å². The molecule has 0 aliphatic carbocycles. The van der Waals surface area contributed by atoms with Gasteiger partial charge in [0, 0.05) is 17.7 Å². The molecular formula is C12H11F3N2O2. The summed E-state index contributed by atoms with van der Waals surface area (Å²) in [6.07, 6.45) is -4.92. The van der Waals surface area contributed by atoms with Crippen LogP contribution in [0.5, 0.6) is 0 Å². The smallest absolute Gasteiger partial charge is 0.440 e. The Hall–Kier alpha value is -2.05. The van der Waals surface area contributed by atoms with Crippen LogP contribution >= 0.6 is 0 Å². The Kier molecular flexibility index (Phi) is 3.21. The van der Waals surface area contributed by atoms with Crippen LogP contribution in [0.2, 0.25) is 0 Å². The molecular weight excluding hydrogens is 261 g/mol. The number of halogens is 3. The molecule has 0 bridgehead atoms. The highest BCUT2D eigenvalue weighted by Crippen LogP contribution is 2.25. The number of aromatic nitrogens is 1. The van der Waals surface area contributed by atoms with E-state index in [1.54, 1.807) is 5.32 Å². The van der Waals surface area contributed by atoms with Crippen molar-refractivity contribution in [2.75, 3.05) is 5.32 Å². The van der Waals surface area contributed by atoms with E-state index in [1.807, 2.05) is 13.8 Å². The zero-order valence-corrected chi connectivity index (χ0v) is 10.2. The van der Waals surface area contributed by atoms with Crippen LogP contribution in [-0.2, 0) is 4.79 Å². The molecule has 1 N–H and O–H groups in total. The molecule has 0 unspecified atom stereocenters. The van der Waals surface area contributed by atoms with Gasteiger partial charge in [0.1, 0.15) is 5.52 Å². The normalized spacial score (nSPS) is 12.1. The number of carbonyl (C=O) groups is 1. The molecule has 1 heterocycles. The number of oxazole rings is 1. The van der Waals surface area contributed by atoms with Gasteiger partial charge in [0.2, 0.25) is 0 Å². The molecule has 1 aromatic heterocycles. The van der Waals surface area contributed by atoms with Crippen LogP contribution < -0.4 is 5.32 Å². The van der Waals surface area contributed by atoms with Crippen LogP contribution in [0.4, 0.5) is 18.9 Å². The first-order valence-electron chi connectivity index (χ1n) is 5.56. The van der Waals surface area contributed by atoms with Gasteiger partial charge >= 0.3 is 12.1 Å². The van der Waals surface area contributed by atoms with Crippen LogP contribution in [-0.4, -0.2) is 17.1 Å². The molecule has 2 aromatic rings. The molecule has 0 atom stereocenters. The minimum atomic E-state index is -4.92. The number of rotatable bonds is 2. The number of hydrogen-bond acceptors (Lipinski definition) is 3. The lowest BCUT2D eigenvalue weighted by atomic mass is 10.2. The van der Waals surface area contributed by atoms with Gasteiger partial charge in [-0.3, -0.25) is 4.79 Å². The van der Waals surface area contributed by atoms with Crippen molar-refractivity contribution in [2.24, 2.45) is 0 Å². The maximum atomic E-state index is 12.1. The highest BCUT2D eigenvalue weighted by molar-refractivity contribution is 5.96. The third-order valence-corrected chi connectivity index (χ3v) is 2.41. The second kappa shape index (κ2) is 4.56. The largest absolute Gasteiger partial charge is 0.471 e. The lowest BCUT2D eigenvalue weighted by Gasteiger charge is -2.07. The number of hydrogen-bond donors (Lipinski definition) is 1. The Morgan fingerprint density at radius 1 is 1.37 bits per heavy atom. The molecule has 0 radical (unpaired) electrons. The van der Waals surface area contributed by atoms with Crippen molar-refractivity contribution in [3.63, 3.8) is 0 Å². The number of benzene rings is 1. The third kappa shape index (κ3) is 2.86. The number of amides is 1. The van der Waals surface area contributed by atoms with Crippen molar-refractivity contribution < 1.29 is 22.4 Å². The minimum Gasteiger partial charge on any atom is -0.440 e. The second-order valence-electron chi connectivity index (χ2n) is 4.34. The van der Waals surface area contributed by atoms with E-state index in [2.05, 4.69) is 4.98 Å². The number of nitrogens with one attached hydrogen (secondary N) is 1. The first kappa shape index (κ1) is 13.4. The van der Waals surface area contributed by atoms with Crippen LogP contribution in [0, 0.1) is 0 Å². The molecule has 0 saturated heterocycles. The Bertz CT molecular complexity index is 617. The van der Waals surface area contributed by atoms with E-state index >= 15 is 0 Å². The van der Waals surface area contributed by atoms with Crippen molar-refractivity contribution in [1.82, 2.24) is 4.98 Å². The summed E-state index contributed by atoms with van der Waals surface area (Å²) in [4.78, 5) is 15.0. The summed E-state index contributed by atoms with van der Waals surface area (Å²) in [5.41, 5.74) is 0.888. The maximum Gasteiger partial charge on any atom is 0.471 e. The van der Waals surface area contributed by atoms with E-state index in [4.69, 9.17) is 4.42 Å². The highest BCUT2D eigenvalue weighted by Gasteiger charge is 2.38. The van der Waals surface area contributed by atoms with Gasteiger partial charge in [0.05, 0.1) is 0 Å². The standard InChI is InChI=1S/C12H11F3N2O2/c1-6(2)10-17-8-4-3-7(5-9(8)19-10)16-11(18)12(13,14)15/h3-6H,1-2H3,(H,16,18). The van der Waals surface area contributed by atoms with Crippen molar-refractivity contribution in [2.45, 2.75) is 25.9 Å². The van der Waals surface area contributed by atoms with Gasteiger partial charge in [-0.2, -0.15) is 13.2 Å². The summed E-state index contributed by atoms with van der Waals surface area (Å²) in [6, 6.07) is 4.16. The lowest BCUT2D eigenvalue weighted by Crippen LogP contribution is -2.29. The van der Waals surface area contributed by atoms with Crippen molar-refractivity contribution in [3.05, 3.63) is 24.1 Å². The average Bonchev–Trinajstić information content (AvgIpc) is 2.70. The average molecular weight is 272 g/mol. The Balaban J connectivity index is 2.29. The molecule has 102 valence electrons. The summed E-state index contributed by atoms with van der Waals surface area (Å²) in [5.74, 6) is -1.45. The molecule has 19 heavy (non-hydrogen) atoms. The number of anilines is 1. The SMILES string of the molecule is CC(C)c1nc2ccc(NC(=O)C(F)(F)F)cc2o1. The molecule has 0 aliphatic heterocycles. The molecule has 2 rings (SSSR count). The van der Waals surface area contributed by atoms with E-state index in [9.17, 15) is 18.0 Å². The van der Waals surface area contributed by atoms with Crippen LogP contribution in [0.25, 0.3) is 11.1 Å². The summed E-state index contributed by atoms with van der Waals surface area (Å²) in [6.45, 7) is 3.77. The highest BCUT2D eigenvalue weighted by atomic mass is 19.4. The van der Waals surface area contributed by atoms with E-state index in [1.165, 1.54) is 18.2 Å². The van der Waals surface area contributed by atoms with Gasteiger partial charge in [-0.1, -0.05) is 13.8 Å². The van der Waals surface area contributed by atoms with Gasteiger partial charge in [-0.15, -0.1) is 0 Å². The molecule has 0 saturated carbocycles. The number of fused-ring (bicyclic) bond motifs is 1. The molecule has 1 amide bonds. The van der Waals surface area contributed by atoms with Crippen LogP contribution in [0.1, 0.15) is 25.7 Å². The molecule has 4 nitrogen and oxygen atoms in total. The zero-order chi connectivity index (χ0) is 14.2. The second-order valence-corrected chi connectivity index (χ2v) is 4.34. The molecule has 1 aromatic carbocycles. The van der Waals surface area contributed by atoms with Gasteiger partial charge in [-0.05, 0) is 12.1 Å². The minimum absolute atomic E-state index is 0.0151. The predicted octanol–water partition coefficient (Wildman–Crippen LogP) is 3.45. The first-order chi connectivity index (χ1) is 8.77. The van der Waals surface area contributed by atoms with Crippen molar-refractivity contribution in [3.8, 4) is 0 Å². The molecule has 0 fully saturated rings. The molecule has 7 heteroatoms. The molecule has 0 spiro atoms. The Morgan fingerprint density at radius 2 is 2.05 bits per heavy atom. The number of alkyl halides is 3. The zero-order valence-electron chi connectivity index (χ0n) is 10.2. The van der Waals surface area contributed by atoms with Crippen molar-refractivity contribution >= 4 is 22.7 Å². The van der Waals surface area contributed by atoms with Gasteiger partial charge in [0.15, 0.2) is 11.5 Å². The topological polar surface area (TPSA) is 55.1 Å². The van der Waals surface area contributed by atoms with Crippen LogP contribution in [0.15, 0.2) is 22.6 Å². The monoisotopic (exact) mass is 272 g/mol. The molecule has 0 aliphatic rings. The summed E-state index contributed by atoms with van der Waals surface area (Å²) in [5, 5.41) is 1.76. The van der Waals surface area contributed by atoms with Crippen molar-refractivity contribution in [1.29, 1.82) is 0 Å². The quantitative estimate of drug-likeness (QED) is 0.910. The Labute approximate surface area is 106 Å². The van der Waals surface area contributed by atoms with E-state index < -0.39 is 12.1 Å². The lowest BCUT2D eigenvalue weighted by molar-refractivity contribution is -0.167.